The third-order valence-electron chi connectivity index (χ3n) is 4.22. The summed E-state index contributed by atoms with van der Waals surface area (Å²) in [4.78, 5) is 14.3. The van der Waals surface area contributed by atoms with Crippen molar-refractivity contribution in [1.29, 1.82) is 0 Å². The highest BCUT2D eigenvalue weighted by Gasteiger charge is 2.32. The number of rotatable bonds is 5. The maximum atomic E-state index is 12.1. The zero-order chi connectivity index (χ0) is 14.5. The van der Waals surface area contributed by atoms with Crippen LogP contribution in [-0.2, 0) is 14.3 Å². The van der Waals surface area contributed by atoms with Crippen molar-refractivity contribution in [2.24, 2.45) is 11.8 Å². The summed E-state index contributed by atoms with van der Waals surface area (Å²) in [5.41, 5.74) is 0. The van der Waals surface area contributed by atoms with Crippen molar-refractivity contribution < 1.29 is 14.3 Å². The van der Waals surface area contributed by atoms with E-state index in [2.05, 4.69) is 24.1 Å². The molecule has 2 fully saturated rings. The summed E-state index contributed by atoms with van der Waals surface area (Å²) in [6, 6.07) is -0.0416. The van der Waals surface area contributed by atoms with E-state index in [9.17, 15) is 4.79 Å². The number of hydrogen-bond donors (Lipinski definition) is 1. The summed E-state index contributed by atoms with van der Waals surface area (Å²) in [7, 11) is 0. The van der Waals surface area contributed by atoms with Gasteiger partial charge in [0.2, 0.25) is 5.91 Å². The molecular weight excluding hydrogens is 256 g/mol. The molecule has 116 valence electrons. The van der Waals surface area contributed by atoms with Crippen LogP contribution in [0.5, 0.6) is 0 Å². The van der Waals surface area contributed by atoms with Gasteiger partial charge in [-0.3, -0.25) is 9.69 Å². The van der Waals surface area contributed by atoms with Crippen molar-refractivity contribution >= 4 is 5.91 Å². The van der Waals surface area contributed by atoms with Crippen LogP contribution in [0, 0.1) is 11.8 Å². The Morgan fingerprint density at radius 1 is 1.20 bits per heavy atom. The van der Waals surface area contributed by atoms with Crippen LogP contribution < -0.4 is 5.32 Å². The molecule has 0 saturated carbocycles. The molecule has 0 aromatic rings. The van der Waals surface area contributed by atoms with Gasteiger partial charge in [-0.2, -0.15) is 0 Å². The van der Waals surface area contributed by atoms with Gasteiger partial charge in [-0.1, -0.05) is 13.8 Å². The van der Waals surface area contributed by atoms with Crippen LogP contribution in [0.1, 0.15) is 33.6 Å². The minimum absolute atomic E-state index is 0.0118. The molecule has 0 radical (unpaired) electrons. The van der Waals surface area contributed by atoms with Crippen molar-refractivity contribution in [3.63, 3.8) is 0 Å². The predicted molar refractivity (Wildman–Crippen MR) is 77.3 cm³/mol. The molecule has 0 aromatic carbocycles. The van der Waals surface area contributed by atoms with Crippen LogP contribution in [0.15, 0.2) is 0 Å². The molecule has 0 spiro atoms. The van der Waals surface area contributed by atoms with Crippen molar-refractivity contribution in [2.75, 3.05) is 32.8 Å². The van der Waals surface area contributed by atoms with E-state index >= 15 is 0 Å². The van der Waals surface area contributed by atoms with Gasteiger partial charge < -0.3 is 14.8 Å². The molecule has 2 saturated heterocycles. The van der Waals surface area contributed by atoms with Gasteiger partial charge >= 0.3 is 0 Å². The number of piperidine rings is 1. The first kappa shape index (κ1) is 15.7. The molecule has 5 nitrogen and oxygen atoms in total. The number of hydrogen-bond acceptors (Lipinski definition) is 4. The molecule has 2 aliphatic rings. The lowest BCUT2D eigenvalue weighted by molar-refractivity contribution is -0.128. The highest BCUT2D eigenvalue weighted by atomic mass is 16.7. The van der Waals surface area contributed by atoms with E-state index in [0.717, 1.165) is 45.7 Å². The van der Waals surface area contributed by atoms with E-state index in [1.807, 2.05) is 6.92 Å². The quantitative estimate of drug-likeness (QED) is 0.825. The zero-order valence-corrected chi connectivity index (χ0v) is 12.9. The van der Waals surface area contributed by atoms with Crippen molar-refractivity contribution in [1.82, 2.24) is 10.2 Å². The van der Waals surface area contributed by atoms with E-state index < -0.39 is 0 Å². The summed E-state index contributed by atoms with van der Waals surface area (Å²) in [6.07, 6.45) is 2.08. The lowest BCUT2D eigenvalue weighted by atomic mass is 9.95. The molecule has 0 aliphatic carbocycles. The molecule has 1 N–H and O–H groups in total. The Morgan fingerprint density at radius 2 is 1.80 bits per heavy atom. The fourth-order valence-corrected chi connectivity index (χ4v) is 2.85. The molecular formula is C15H28N2O3. The minimum Gasteiger partial charge on any atom is -0.354 e. The Hall–Kier alpha value is -0.650. The number of nitrogens with one attached hydrogen (secondary N) is 1. The van der Waals surface area contributed by atoms with Crippen LogP contribution in [0.3, 0.4) is 0 Å². The molecule has 1 atom stereocenters. The second-order valence-electron chi connectivity index (χ2n) is 6.30. The van der Waals surface area contributed by atoms with Gasteiger partial charge in [0.25, 0.3) is 0 Å². The molecule has 2 rings (SSSR count). The first-order chi connectivity index (χ1) is 9.58. The number of carbonyl (C=O) groups excluding carboxylic acids is 1. The first-order valence-corrected chi connectivity index (χ1v) is 7.83. The Labute approximate surface area is 122 Å². The van der Waals surface area contributed by atoms with Crippen LogP contribution in [0.2, 0.25) is 0 Å². The molecule has 2 heterocycles. The molecule has 5 heteroatoms. The maximum absolute atomic E-state index is 12.1. The van der Waals surface area contributed by atoms with Crippen LogP contribution in [-0.4, -0.2) is 56.0 Å². The Balaban J connectivity index is 1.73. The largest absolute Gasteiger partial charge is 0.354 e. The van der Waals surface area contributed by atoms with Crippen molar-refractivity contribution in [2.45, 2.75) is 45.9 Å². The van der Waals surface area contributed by atoms with Crippen LogP contribution >= 0.6 is 0 Å². The fraction of sp³-hybridized carbons (Fsp3) is 0.933. The Kier molecular flexibility index (Phi) is 5.81. The smallest absolute Gasteiger partial charge is 0.237 e. The maximum Gasteiger partial charge on any atom is 0.237 e. The van der Waals surface area contributed by atoms with Gasteiger partial charge in [-0.15, -0.1) is 0 Å². The summed E-state index contributed by atoms with van der Waals surface area (Å²) in [5.74, 6) is 1.12. The highest BCUT2D eigenvalue weighted by Crippen LogP contribution is 2.26. The van der Waals surface area contributed by atoms with E-state index in [4.69, 9.17) is 9.47 Å². The zero-order valence-electron chi connectivity index (χ0n) is 12.9. The summed E-state index contributed by atoms with van der Waals surface area (Å²) in [5, 5.41) is 3.02. The van der Waals surface area contributed by atoms with Crippen LogP contribution in [0.4, 0.5) is 0 Å². The lowest BCUT2D eigenvalue weighted by Gasteiger charge is -2.36. The van der Waals surface area contributed by atoms with Crippen molar-refractivity contribution in [3.8, 4) is 0 Å². The molecule has 1 amide bonds. The number of nitrogens with zero attached hydrogens (tertiary/aromatic N) is 1. The van der Waals surface area contributed by atoms with Gasteiger partial charge in [0.15, 0.2) is 6.29 Å². The normalized spacial score (nSPS) is 24.2. The van der Waals surface area contributed by atoms with E-state index in [-0.39, 0.29) is 18.2 Å². The number of amides is 1. The van der Waals surface area contributed by atoms with Gasteiger partial charge in [0.1, 0.15) is 0 Å². The number of likely N-dealkylation sites (tertiary alicyclic amines) is 1. The van der Waals surface area contributed by atoms with E-state index in [1.54, 1.807) is 0 Å². The molecule has 1 unspecified atom stereocenters. The standard InChI is InChI=1S/C15H28N2O3/c1-11(2)10-16-14(18)12(3)17-6-4-13(5-7-17)15-19-8-9-20-15/h11-13,15H,4-10H2,1-3H3,(H,16,18). The summed E-state index contributed by atoms with van der Waals surface area (Å²) in [6.45, 7) is 10.3. The number of ether oxygens (including phenoxy) is 2. The minimum atomic E-state index is -0.0416. The van der Waals surface area contributed by atoms with Gasteiger partial charge in [0.05, 0.1) is 19.3 Å². The molecule has 20 heavy (non-hydrogen) atoms. The summed E-state index contributed by atoms with van der Waals surface area (Å²) >= 11 is 0. The predicted octanol–water partition coefficient (Wildman–Crippen LogP) is 1.23. The summed E-state index contributed by atoms with van der Waals surface area (Å²) < 4.78 is 11.2. The topological polar surface area (TPSA) is 50.8 Å². The fourth-order valence-electron chi connectivity index (χ4n) is 2.85. The first-order valence-electron chi connectivity index (χ1n) is 7.83. The Morgan fingerprint density at radius 3 is 2.35 bits per heavy atom. The number of carbonyl (C=O) groups is 1. The van der Waals surface area contributed by atoms with Gasteiger partial charge in [-0.05, 0) is 38.8 Å². The second-order valence-corrected chi connectivity index (χ2v) is 6.30. The molecule has 0 aromatic heterocycles. The second kappa shape index (κ2) is 7.38. The third kappa shape index (κ3) is 4.17. The lowest BCUT2D eigenvalue weighted by Crippen LogP contribution is -2.49. The SMILES string of the molecule is CC(C)CNC(=O)C(C)N1CCC(C2OCCO2)CC1. The van der Waals surface area contributed by atoms with Gasteiger partial charge in [0, 0.05) is 12.5 Å². The van der Waals surface area contributed by atoms with E-state index in [1.165, 1.54) is 0 Å². The average molecular weight is 284 g/mol. The highest BCUT2D eigenvalue weighted by molar-refractivity contribution is 5.81. The third-order valence-corrected chi connectivity index (χ3v) is 4.22. The van der Waals surface area contributed by atoms with Crippen LogP contribution in [0.25, 0.3) is 0 Å². The average Bonchev–Trinajstić information content (AvgIpc) is 2.98. The van der Waals surface area contributed by atoms with E-state index in [0.29, 0.717) is 11.8 Å². The molecule has 2 aliphatic heterocycles. The monoisotopic (exact) mass is 284 g/mol. The van der Waals surface area contributed by atoms with Crippen molar-refractivity contribution in [3.05, 3.63) is 0 Å². The Bertz CT molecular complexity index is 308. The van der Waals surface area contributed by atoms with Gasteiger partial charge in [-0.25, -0.2) is 0 Å². The molecule has 0 bridgehead atoms.